The van der Waals surface area contributed by atoms with Crippen LogP contribution in [0, 0.1) is 0 Å². The maximum absolute atomic E-state index is 5.93. The van der Waals surface area contributed by atoms with Gasteiger partial charge < -0.3 is 0 Å². The zero-order chi connectivity index (χ0) is 9.97. The van der Waals surface area contributed by atoms with Crippen molar-refractivity contribution < 1.29 is 0 Å². The molecule has 0 heterocycles. The quantitative estimate of drug-likeness (QED) is 0.667. The third-order valence-electron chi connectivity index (χ3n) is 2.42. The first-order valence-corrected chi connectivity index (χ1v) is 5.55. The Hall–Kier alpha value is -0.720. The minimum atomic E-state index is 0.517. The van der Waals surface area contributed by atoms with Crippen LogP contribution in [-0.2, 0) is 11.8 Å². The molecule has 0 aliphatic carbocycles. The third-order valence-corrected chi connectivity index (χ3v) is 2.97. The van der Waals surface area contributed by atoms with Gasteiger partial charge in [-0.1, -0.05) is 36.4 Å². The maximum Gasteiger partial charge on any atom is 0.0483 e. The molecule has 0 spiro atoms. The van der Waals surface area contributed by atoms with Crippen LogP contribution in [0.1, 0.15) is 11.1 Å². The van der Waals surface area contributed by atoms with Crippen molar-refractivity contribution >= 4 is 34.0 Å². The average molecular weight is 225 g/mol. The first-order chi connectivity index (χ1) is 6.86. The van der Waals surface area contributed by atoms with Crippen LogP contribution in [0.5, 0.6) is 0 Å². The van der Waals surface area contributed by atoms with Gasteiger partial charge >= 0.3 is 0 Å². The van der Waals surface area contributed by atoms with E-state index in [1.807, 2.05) is 18.2 Å². The largest absolute Gasteiger partial charge is 0.122 e. The summed E-state index contributed by atoms with van der Waals surface area (Å²) in [5, 5.41) is 2.43. The highest BCUT2D eigenvalue weighted by molar-refractivity contribution is 6.19. The molecule has 14 heavy (non-hydrogen) atoms. The van der Waals surface area contributed by atoms with Crippen LogP contribution in [0.3, 0.4) is 0 Å². The molecule has 0 N–H and O–H groups in total. The summed E-state index contributed by atoms with van der Waals surface area (Å²) in [5.41, 5.74) is 2.28. The zero-order valence-corrected chi connectivity index (χ0v) is 9.15. The van der Waals surface area contributed by atoms with Gasteiger partial charge in [-0.05, 0) is 21.9 Å². The second-order valence-corrected chi connectivity index (χ2v) is 3.73. The average Bonchev–Trinajstić information content (AvgIpc) is 2.27. The topological polar surface area (TPSA) is 0 Å². The lowest BCUT2D eigenvalue weighted by molar-refractivity contribution is 1.30. The van der Waals surface area contributed by atoms with Crippen molar-refractivity contribution in [2.24, 2.45) is 0 Å². The van der Waals surface area contributed by atoms with E-state index in [-0.39, 0.29) is 0 Å². The number of fused-ring (bicyclic) bond motifs is 1. The Morgan fingerprint density at radius 2 is 1.64 bits per heavy atom. The van der Waals surface area contributed by atoms with Gasteiger partial charge in [-0.25, -0.2) is 0 Å². The van der Waals surface area contributed by atoms with E-state index >= 15 is 0 Å². The summed E-state index contributed by atoms with van der Waals surface area (Å²) in [6, 6.07) is 12.4. The predicted octanol–water partition coefficient (Wildman–Crippen LogP) is 4.32. The SMILES string of the molecule is ClCc1ccc2ccccc2c1CCl. The van der Waals surface area contributed by atoms with Crippen molar-refractivity contribution in [3.8, 4) is 0 Å². The molecule has 0 fully saturated rings. The van der Waals surface area contributed by atoms with Crippen LogP contribution in [0.25, 0.3) is 10.8 Å². The fourth-order valence-electron chi connectivity index (χ4n) is 1.66. The lowest BCUT2D eigenvalue weighted by Crippen LogP contribution is -1.89. The Kier molecular flexibility index (Phi) is 2.95. The molecule has 0 saturated carbocycles. The Balaban J connectivity index is 2.77. The second kappa shape index (κ2) is 4.20. The van der Waals surface area contributed by atoms with Crippen LogP contribution in [0.4, 0.5) is 0 Å². The van der Waals surface area contributed by atoms with Gasteiger partial charge in [0, 0.05) is 11.8 Å². The molecule has 2 rings (SSSR count). The van der Waals surface area contributed by atoms with E-state index in [0.717, 1.165) is 11.1 Å². The summed E-state index contributed by atoms with van der Waals surface area (Å²) < 4.78 is 0. The van der Waals surface area contributed by atoms with Gasteiger partial charge in [0.15, 0.2) is 0 Å². The van der Waals surface area contributed by atoms with Crippen molar-refractivity contribution in [2.45, 2.75) is 11.8 Å². The fraction of sp³-hybridized carbons (Fsp3) is 0.167. The number of halogens is 2. The molecule has 0 aliphatic rings. The van der Waals surface area contributed by atoms with Crippen LogP contribution in [-0.4, -0.2) is 0 Å². The molecule has 0 unspecified atom stereocenters. The lowest BCUT2D eigenvalue weighted by atomic mass is 10.0. The van der Waals surface area contributed by atoms with Crippen LogP contribution in [0.15, 0.2) is 36.4 Å². The van der Waals surface area contributed by atoms with Crippen molar-refractivity contribution in [3.63, 3.8) is 0 Å². The van der Waals surface area contributed by atoms with Crippen LogP contribution >= 0.6 is 23.2 Å². The number of rotatable bonds is 2. The summed E-state index contributed by atoms with van der Waals surface area (Å²) in [6.07, 6.45) is 0. The maximum atomic E-state index is 5.93. The number of alkyl halides is 2. The third kappa shape index (κ3) is 1.60. The van der Waals surface area contributed by atoms with Crippen molar-refractivity contribution in [2.75, 3.05) is 0 Å². The molecular weight excluding hydrogens is 215 g/mol. The Labute approximate surface area is 93.4 Å². The van der Waals surface area contributed by atoms with E-state index < -0.39 is 0 Å². The Morgan fingerprint density at radius 1 is 0.857 bits per heavy atom. The minimum Gasteiger partial charge on any atom is -0.122 e. The van der Waals surface area contributed by atoms with Crippen molar-refractivity contribution in [1.82, 2.24) is 0 Å². The first kappa shape index (κ1) is 9.82. The monoisotopic (exact) mass is 224 g/mol. The fourth-order valence-corrected chi connectivity index (χ4v) is 2.23. The summed E-state index contributed by atoms with van der Waals surface area (Å²) in [4.78, 5) is 0. The highest BCUT2D eigenvalue weighted by atomic mass is 35.5. The normalized spacial score (nSPS) is 10.7. The molecule has 0 aliphatic heterocycles. The van der Waals surface area contributed by atoms with Crippen molar-refractivity contribution in [1.29, 1.82) is 0 Å². The number of benzene rings is 2. The molecule has 0 saturated heterocycles. The van der Waals surface area contributed by atoms with Gasteiger partial charge in [-0.15, -0.1) is 23.2 Å². The molecule has 2 aromatic rings. The molecule has 0 bridgehead atoms. The number of hydrogen-bond donors (Lipinski definition) is 0. The Bertz CT molecular complexity index is 449. The molecule has 0 nitrogen and oxygen atoms in total. The van der Waals surface area contributed by atoms with E-state index in [4.69, 9.17) is 23.2 Å². The molecule has 2 heteroatoms. The molecular formula is C12H10Cl2. The molecule has 0 aromatic heterocycles. The first-order valence-electron chi connectivity index (χ1n) is 4.48. The molecule has 0 amide bonds. The second-order valence-electron chi connectivity index (χ2n) is 3.19. The highest BCUT2D eigenvalue weighted by Crippen LogP contribution is 2.25. The zero-order valence-electron chi connectivity index (χ0n) is 7.63. The van der Waals surface area contributed by atoms with Crippen LogP contribution in [0.2, 0.25) is 0 Å². The molecule has 0 radical (unpaired) electrons. The van der Waals surface area contributed by atoms with Gasteiger partial charge in [0.25, 0.3) is 0 Å². The van der Waals surface area contributed by atoms with Crippen molar-refractivity contribution in [3.05, 3.63) is 47.5 Å². The van der Waals surface area contributed by atoms with E-state index in [2.05, 4.69) is 18.2 Å². The van der Waals surface area contributed by atoms with Gasteiger partial charge in [0.05, 0.1) is 0 Å². The predicted molar refractivity (Wildman–Crippen MR) is 63.1 cm³/mol. The van der Waals surface area contributed by atoms with Gasteiger partial charge in [0.2, 0.25) is 0 Å². The summed E-state index contributed by atoms with van der Waals surface area (Å²) in [5.74, 6) is 1.04. The smallest absolute Gasteiger partial charge is 0.0483 e. The summed E-state index contributed by atoms with van der Waals surface area (Å²) >= 11 is 11.8. The Morgan fingerprint density at radius 3 is 2.36 bits per heavy atom. The highest BCUT2D eigenvalue weighted by Gasteiger charge is 2.04. The summed E-state index contributed by atoms with van der Waals surface area (Å²) in [7, 11) is 0. The lowest BCUT2D eigenvalue weighted by Gasteiger charge is -2.08. The minimum absolute atomic E-state index is 0.517. The molecule has 0 atom stereocenters. The van der Waals surface area contributed by atoms with Gasteiger partial charge in [0.1, 0.15) is 0 Å². The number of hydrogen-bond acceptors (Lipinski definition) is 0. The van der Waals surface area contributed by atoms with E-state index in [0.29, 0.717) is 11.8 Å². The molecule has 72 valence electrons. The van der Waals surface area contributed by atoms with E-state index in [1.165, 1.54) is 10.8 Å². The van der Waals surface area contributed by atoms with E-state index in [9.17, 15) is 0 Å². The standard InChI is InChI=1S/C12H10Cl2/c13-7-10-6-5-9-3-1-2-4-11(9)12(10)8-14/h1-6H,7-8H2. The van der Waals surface area contributed by atoms with Gasteiger partial charge in [-0.3, -0.25) is 0 Å². The van der Waals surface area contributed by atoms with Crippen LogP contribution < -0.4 is 0 Å². The summed E-state index contributed by atoms with van der Waals surface area (Å²) in [6.45, 7) is 0. The molecule has 2 aromatic carbocycles. The van der Waals surface area contributed by atoms with Gasteiger partial charge in [-0.2, -0.15) is 0 Å². The van der Waals surface area contributed by atoms with E-state index in [1.54, 1.807) is 0 Å².